The van der Waals surface area contributed by atoms with Gasteiger partial charge in [0.1, 0.15) is 0 Å². The van der Waals surface area contributed by atoms with Crippen LogP contribution in [0.1, 0.15) is 6.92 Å². The molecule has 0 radical (unpaired) electrons. The van der Waals surface area contributed by atoms with Crippen molar-refractivity contribution < 1.29 is 4.79 Å². The highest BCUT2D eigenvalue weighted by Crippen LogP contribution is 2.19. The van der Waals surface area contributed by atoms with Crippen LogP contribution in [0.15, 0.2) is 22.2 Å². The normalized spacial score (nSPS) is 17.5. The third-order valence-corrected chi connectivity index (χ3v) is 3.70. The smallest absolute Gasteiger partial charge is 0.251 e. The van der Waals surface area contributed by atoms with Gasteiger partial charge < -0.3 is 15.2 Å². The van der Waals surface area contributed by atoms with Crippen molar-refractivity contribution in [3.63, 3.8) is 0 Å². The Morgan fingerprint density at radius 3 is 2.89 bits per heavy atom. The van der Waals surface area contributed by atoms with Gasteiger partial charge in [-0.2, -0.15) is 0 Å². The molecule has 0 aliphatic carbocycles. The van der Waals surface area contributed by atoms with E-state index in [-0.39, 0.29) is 16.7 Å². The van der Waals surface area contributed by atoms with E-state index in [1.54, 1.807) is 0 Å². The van der Waals surface area contributed by atoms with E-state index in [4.69, 9.17) is 0 Å². The van der Waals surface area contributed by atoms with Gasteiger partial charge in [-0.3, -0.25) is 9.59 Å². The fourth-order valence-electron chi connectivity index (χ4n) is 1.77. The molecular weight excluding hydrogens is 252 g/mol. The SMILES string of the molecule is CC(Sc1nccc(=O)[nH]1)C(=O)N1CCNCC1. The van der Waals surface area contributed by atoms with E-state index in [0.29, 0.717) is 5.16 Å². The summed E-state index contributed by atoms with van der Waals surface area (Å²) in [6.45, 7) is 4.99. The summed E-state index contributed by atoms with van der Waals surface area (Å²) in [6.07, 6.45) is 1.45. The Balaban J connectivity index is 1.96. The standard InChI is InChI=1S/C11H16N4O2S/c1-8(10(17)15-6-4-12-5-7-15)18-11-13-3-2-9(16)14-11/h2-3,8,12H,4-7H2,1H3,(H,13,14,16). The number of aromatic nitrogens is 2. The highest BCUT2D eigenvalue weighted by molar-refractivity contribution is 8.00. The second-order valence-corrected chi connectivity index (χ2v) is 5.40. The van der Waals surface area contributed by atoms with E-state index < -0.39 is 0 Å². The lowest BCUT2D eigenvalue weighted by molar-refractivity contribution is -0.130. The zero-order valence-electron chi connectivity index (χ0n) is 10.2. The lowest BCUT2D eigenvalue weighted by Gasteiger charge is -2.29. The van der Waals surface area contributed by atoms with E-state index in [0.717, 1.165) is 26.2 Å². The number of hydrogen-bond donors (Lipinski definition) is 2. The maximum atomic E-state index is 12.1. The fourth-order valence-corrected chi connectivity index (χ4v) is 2.64. The second-order valence-electron chi connectivity index (χ2n) is 4.07. The van der Waals surface area contributed by atoms with Crippen LogP contribution in [0.25, 0.3) is 0 Å². The maximum absolute atomic E-state index is 12.1. The number of nitrogens with one attached hydrogen (secondary N) is 2. The molecule has 0 bridgehead atoms. The Labute approximate surface area is 109 Å². The lowest BCUT2D eigenvalue weighted by Crippen LogP contribution is -2.48. The van der Waals surface area contributed by atoms with Crippen molar-refractivity contribution in [2.75, 3.05) is 26.2 Å². The van der Waals surface area contributed by atoms with Gasteiger partial charge in [0.05, 0.1) is 5.25 Å². The molecule has 1 aliphatic rings. The van der Waals surface area contributed by atoms with Crippen molar-refractivity contribution in [1.82, 2.24) is 20.2 Å². The molecule has 1 amide bonds. The third kappa shape index (κ3) is 3.33. The lowest BCUT2D eigenvalue weighted by atomic mass is 10.3. The minimum atomic E-state index is -0.242. The van der Waals surface area contributed by atoms with Crippen LogP contribution in [0.3, 0.4) is 0 Å². The topological polar surface area (TPSA) is 78.1 Å². The quantitative estimate of drug-likeness (QED) is 0.580. The van der Waals surface area contributed by atoms with Gasteiger partial charge in [-0.1, -0.05) is 11.8 Å². The van der Waals surface area contributed by atoms with Crippen LogP contribution >= 0.6 is 11.8 Å². The van der Waals surface area contributed by atoms with Crippen molar-refractivity contribution in [1.29, 1.82) is 0 Å². The van der Waals surface area contributed by atoms with Crippen LogP contribution in [0.2, 0.25) is 0 Å². The molecule has 1 fully saturated rings. The Kier molecular flexibility index (Phi) is 4.38. The average molecular weight is 268 g/mol. The predicted octanol–water partition coefficient (Wildman–Crippen LogP) is -0.318. The number of nitrogens with zero attached hydrogens (tertiary/aromatic N) is 2. The summed E-state index contributed by atoms with van der Waals surface area (Å²) in [6, 6.07) is 1.35. The minimum Gasteiger partial charge on any atom is -0.339 e. The van der Waals surface area contributed by atoms with E-state index in [1.807, 2.05) is 11.8 Å². The monoisotopic (exact) mass is 268 g/mol. The molecule has 1 aromatic rings. The molecule has 0 spiro atoms. The first-order valence-electron chi connectivity index (χ1n) is 5.88. The fraction of sp³-hybridized carbons (Fsp3) is 0.545. The molecule has 1 saturated heterocycles. The van der Waals surface area contributed by atoms with Gasteiger partial charge in [-0.05, 0) is 6.92 Å². The summed E-state index contributed by atoms with van der Waals surface area (Å²) < 4.78 is 0. The zero-order chi connectivity index (χ0) is 13.0. The highest BCUT2D eigenvalue weighted by atomic mass is 32.2. The van der Waals surface area contributed by atoms with E-state index in [9.17, 15) is 9.59 Å². The van der Waals surface area contributed by atoms with Crippen LogP contribution in [-0.2, 0) is 4.79 Å². The number of hydrogen-bond acceptors (Lipinski definition) is 5. The molecule has 2 N–H and O–H groups in total. The number of carbonyl (C=O) groups excluding carboxylic acids is 1. The van der Waals surface area contributed by atoms with Crippen LogP contribution < -0.4 is 10.9 Å². The molecule has 1 aliphatic heterocycles. The van der Waals surface area contributed by atoms with Gasteiger partial charge in [0, 0.05) is 38.4 Å². The molecule has 2 rings (SSSR count). The number of piperazine rings is 1. The van der Waals surface area contributed by atoms with E-state index in [1.165, 1.54) is 24.0 Å². The second kappa shape index (κ2) is 6.01. The van der Waals surface area contributed by atoms with Crippen molar-refractivity contribution in [3.8, 4) is 0 Å². The molecule has 1 atom stereocenters. The van der Waals surface area contributed by atoms with Crippen LogP contribution in [-0.4, -0.2) is 52.2 Å². The predicted molar refractivity (Wildman–Crippen MR) is 69.6 cm³/mol. The number of amides is 1. The molecule has 98 valence electrons. The largest absolute Gasteiger partial charge is 0.339 e. The molecular formula is C11H16N4O2S. The summed E-state index contributed by atoms with van der Waals surface area (Å²) in [4.78, 5) is 31.8. The van der Waals surface area contributed by atoms with Crippen molar-refractivity contribution in [3.05, 3.63) is 22.6 Å². The first kappa shape index (κ1) is 13.1. The van der Waals surface area contributed by atoms with Crippen LogP contribution in [0, 0.1) is 0 Å². The number of rotatable bonds is 3. The van der Waals surface area contributed by atoms with Crippen molar-refractivity contribution in [2.24, 2.45) is 0 Å². The zero-order valence-corrected chi connectivity index (χ0v) is 11.0. The molecule has 2 heterocycles. The Morgan fingerprint density at radius 2 is 2.22 bits per heavy atom. The first-order chi connectivity index (χ1) is 8.66. The first-order valence-corrected chi connectivity index (χ1v) is 6.76. The summed E-state index contributed by atoms with van der Waals surface area (Å²) in [5.74, 6) is 0.0907. The van der Waals surface area contributed by atoms with Gasteiger partial charge in [-0.15, -0.1) is 0 Å². The number of thioether (sulfide) groups is 1. The third-order valence-electron chi connectivity index (χ3n) is 2.71. The van der Waals surface area contributed by atoms with E-state index in [2.05, 4.69) is 15.3 Å². The maximum Gasteiger partial charge on any atom is 0.251 e. The molecule has 7 heteroatoms. The number of H-pyrrole nitrogens is 1. The summed E-state index contributed by atoms with van der Waals surface area (Å²) in [7, 11) is 0. The Morgan fingerprint density at radius 1 is 1.50 bits per heavy atom. The van der Waals surface area contributed by atoms with Gasteiger partial charge in [0.15, 0.2) is 5.16 Å². The van der Waals surface area contributed by atoms with Gasteiger partial charge >= 0.3 is 0 Å². The minimum absolute atomic E-state index is 0.0907. The van der Waals surface area contributed by atoms with Crippen LogP contribution in [0.4, 0.5) is 0 Å². The van der Waals surface area contributed by atoms with E-state index >= 15 is 0 Å². The van der Waals surface area contributed by atoms with Gasteiger partial charge in [0.25, 0.3) is 5.56 Å². The molecule has 18 heavy (non-hydrogen) atoms. The number of carbonyl (C=O) groups is 1. The summed E-state index contributed by atoms with van der Waals surface area (Å²) in [5.41, 5.74) is -0.200. The molecule has 1 aromatic heterocycles. The Hall–Kier alpha value is -1.34. The average Bonchev–Trinajstić information content (AvgIpc) is 2.39. The molecule has 6 nitrogen and oxygen atoms in total. The number of aromatic amines is 1. The van der Waals surface area contributed by atoms with Gasteiger partial charge in [-0.25, -0.2) is 4.98 Å². The van der Waals surface area contributed by atoms with Crippen molar-refractivity contribution in [2.45, 2.75) is 17.3 Å². The molecule has 0 aromatic carbocycles. The molecule has 0 saturated carbocycles. The summed E-state index contributed by atoms with van der Waals surface area (Å²) in [5, 5.41) is 3.45. The van der Waals surface area contributed by atoms with Gasteiger partial charge in [0.2, 0.25) is 5.91 Å². The summed E-state index contributed by atoms with van der Waals surface area (Å²) >= 11 is 1.28. The highest BCUT2D eigenvalue weighted by Gasteiger charge is 2.23. The Bertz CT molecular complexity index is 470. The van der Waals surface area contributed by atoms with Crippen LogP contribution in [0.5, 0.6) is 0 Å². The van der Waals surface area contributed by atoms with Crippen molar-refractivity contribution >= 4 is 17.7 Å². The molecule has 1 unspecified atom stereocenters.